The Morgan fingerprint density at radius 2 is 1.94 bits per heavy atom. The molecule has 0 aromatic carbocycles. The minimum Gasteiger partial charge on any atom is -0.462 e. The molecule has 0 unspecified atom stereocenters. The molecule has 1 aliphatic rings. The fourth-order valence-corrected chi connectivity index (χ4v) is 1.38. The highest BCUT2D eigenvalue weighted by Crippen LogP contribution is 2.11. The van der Waals surface area contributed by atoms with Crippen molar-refractivity contribution >= 4 is 23.8 Å². The van der Waals surface area contributed by atoms with E-state index < -0.39 is 23.8 Å². The molecule has 98 valence electrons. The molecule has 7 heteroatoms. The second-order valence-electron chi connectivity index (χ2n) is 3.58. The predicted octanol–water partition coefficient (Wildman–Crippen LogP) is -0.0357. The molecular formula is C11H14N2O5. The number of imide groups is 3. The van der Waals surface area contributed by atoms with Gasteiger partial charge in [-0.25, -0.2) is 14.5 Å². The highest BCUT2D eigenvalue weighted by atomic mass is 16.5. The van der Waals surface area contributed by atoms with E-state index in [1.165, 1.54) is 0 Å². The van der Waals surface area contributed by atoms with Gasteiger partial charge in [-0.2, -0.15) is 0 Å². The molecule has 1 N–H and O–H groups in total. The van der Waals surface area contributed by atoms with E-state index in [9.17, 15) is 19.2 Å². The zero-order chi connectivity index (χ0) is 13.5. The Labute approximate surface area is 104 Å². The highest BCUT2D eigenvalue weighted by molar-refractivity contribution is 6.14. The summed E-state index contributed by atoms with van der Waals surface area (Å²) in [6.07, 6.45) is 1.58. The van der Waals surface area contributed by atoms with E-state index in [0.29, 0.717) is 11.3 Å². The summed E-state index contributed by atoms with van der Waals surface area (Å²) in [5.41, 5.74) is 0. The molecule has 0 atom stereocenters. The Kier molecular flexibility index (Phi) is 5.04. The first kappa shape index (κ1) is 13.9. The van der Waals surface area contributed by atoms with Gasteiger partial charge in [0.1, 0.15) is 0 Å². The van der Waals surface area contributed by atoms with Crippen LogP contribution in [0.3, 0.4) is 0 Å². The van der Waals surface area contributed by atoms with Crippen LogP contribution in [-0.2, 0) is 19.1 Å². The van der Waals surface area contributed by atoms with Crippen LogP contribution >= 0.6 is 0 Å². The van der Waals surface area contributed by atoms with E-state index in [1.54, 1.807) is 0 Å². The topological polar surface area (TPSA) is 92.8 Å². The number of urea groups is 1. The number of nitrogens with one attached hydrogen (secondary N) is 1. The van der Waals surface area contributed by atoms with Gasteiger partial charge in [0.05, 0.1) is 6.61 Å². The molecule has 1 saturated heterocycles. The van der Waals surface area contributed by atoms with Crippen LogP contribution in [0.25, 0.3) is 0 Å². The van der Waals surface area contributed by atoms with Gasteiger partial charge in [0.2, 0.25) is 11.8 Å². The smallest absolute Gasteiger partial charge is 0.331 e. The van der Waals surface area contributed by atoms with Gasteiger partial charge in [0.25, 0.3) is 0 Å². The molecule has 0 radical (unpaired) electrons. The molecule has 0 aliphatic carbocycles. The summed E-state index contributed by atoms with van der Waals surface area (Å²) in [5, 5.41) is 2.41. The summed E-state index contributed by atoms with van der Waals surface area (Å²) in [7, 11) is 0. The number of hydrogen-bond acceptors (Lipinski definition) is 5. The van der Waals surface area contributed by atoms with E-state index in [2.05, 4.69) is 16.6 Å². The van der Waals surface area contributed by atoms with Crippen LogP contribution < -0.4 is 5.32 Å². The number of likely N-dealkylation sites (tertiary alicyclic amines) is 1. The fraction of sp³-hybridized carbons (Fsp3) is 0.455. The van der Waals surface area contributed by atoms with Gasteiger partial charge in [0.15, 0.2) is 0 Å². The van der Waals surface area contributed by atoms with Crippen LogP contribution in [0, 0.1) is 0 Å². The summed E-state index contributed by atoms with van der Waals surface area (Å²) >= 11 is 0. The summed E-state index contributed by atoms with van der Waals surface area (Å²) in [5.74, 6) is -1.52. The van der Waals surface area contributed by atoms with E-state index in [4.69, 9.17) is 0 Å². The summed E-state index contributed by atoms with van der Waals surface area (Å²) in [6, 6.07) is -0.724. The Balaban J connectivity index is 2.21. The molecule has 0 aromatic heterocycles. The fourth-order valence-electron chi connectivity index (χ4n) is 1.38. The first-order valence-corrected chi connectivity index (χ1v) is 5.49. The van der Waals surface area contributed by atoms with Crippen molar-refractivity contribution in [2.45, 2.75) is 19.3 Å². The van der Waals surface area contributed by atoms with E-state index in [0.717, 1.165) is 6.08 Å². The maximum atomic E-state index is 11.5. The van der Waals surface area contributed by atoms with E-state index >= 15 is 0 Å². The van der Waals surface area contributed by atoms with Crippen molar-refractivity contribution in [3.05, 3.63) is 12.7 Å². The molecule has 1 aliphatic heterocycles. The van der Waals surface area contributed by atoms with Crippen molar-refractivity contribution in [2.75, 3.05) is 13.2 Å². The van der Waals surface area contributed by atoms with Gasteiger partial charge in [-0.3, -0.25) is 9.59 Å². The van der Waals surface area contributed by atoms with Gasteiger partial charge in [-0.1, -0.05) is 6.58 Å². The summed E-state index contributed by atoms with van der Waals surface area (Å²) in [6.45, 7) is 3.57. The summed E-state index contributed by atoms with van der Waals surface area (Å²) < 4.78 is 4.68. The van der Waals surface area contributed by atoms with Crippen molar-refractivity contribution in [3.8, 4) is 0 Å². The molecule has 0 bridgehead atoms. The van der Waals surface area contributed by atoms with Crippen LogP contribution in [0.1, 0.15) is 19.3 Å². The van der Waals surface area contributed by atoms with Crippen molar-refractivity contribution in [1.29, 1.82) is 0 Å². The zero-order valence-electron chi connectivity index (χ0n) is 9.81. The molecule has 0 spiro atoms. The molecule has 0 aromatic rings. The quantitative estimate of drug-likeness (QED) is 0.322. The monoisotopic (exact) mass is 254 g/mol. The second-order valence-corrected chi connectivity index (χ2v) is 3.58. The van der Waals surface area contributed by atoms with Gasteiger partial charge in [0, 0.05) is 25.5 Å². The Morgan fingerprint density at radius 3 is 2.50 bits per heavy atom. The first-order chi connectivity index (χ1) is 8.56. The molecular weight excluding hydrogens is 240 g/mol. The number of esters is 1. The predicted molar refractivity (Wildman–Crippen MR) is 60.3 cm³/mol. The molecule has 1 fully saturated rings. The Morgan fingerprint density at radius 1 is 1.33 bits per heavy atom. The lowest BCUT2D eigenvalue weighted by Gasteiger charge is -2.12. The van der Waals surface area contributed by atoms with Gasteiger partial charge in [-0.15, -0.1) is 0 Å². The molecule has 18 heavy (non-hydrogen) atoms. The van der Waals surface area contributed by atoms with E-state index in [-0.39, 0.29) is 26.0 Å². The third kappa shape index (κ3) is 3.69. The average Bonchev–Trinajstić information content (AvgIpc) is 2.68. The van der Waals surface area contributed by atoms with Crippen LogP contribution in [0.5, 0.6) is 0 Å². The molecule has 7 nitrogen and oxygen atoms in total. The SMILES string of the molecule is C=CC(=O)OCCCNC(=O)N1C(=O)CCC1=O. The zero-order valence-corrected chi connectivity index (χ0v) is 9.81. The van der Waals surface area contributed by atoms with Crippen LogP contribution in [0.4, 0.5) is 4.79 Å². The summed E-state index contributed by atoms with van der Waals surface area (Å²) in [4.78, 5) is 45.2. The van der Waals surface area contributed by atoms with E-state index in [1.807, 2.05) is 0 Å². The minimum absolute atomic E-state index is 0.0726. The van der Waals surface area contributed by atoms with Crippen molar-refractivity contribution in [1.82, 2.24) is 10.2 Å². The molecule has 4 amide bonds. The maximum Gasteiger partial charge on any atom is 0.331 e. The molecule has 0 saturated carbocycles. The number of rotatable bonds is 5. The van der Waals surface area contributed by atoms with Crippen molar-refractivity contribution in [3.63, 3.8) is 0 Å². The largest absolute Gasteiger partial charge is 0.462 e. The normalized spacial score (nSPS) is 14.6. The van der Waals surface area contributed by atoms with Crippen LogP contribution in [0.2, 0.25) is 0 Å². The highest BCUT2D eigenvalue weighted by Gasteiger charge is 2.34. The average molecular weight is 254 g/mol. The third-order valence-electron chi connectivity index (χ3n) is 2.26. The minimum atomic E-state index is -0.724. The number of amides is 4. The number of nitrogens with zero attached hydrogens (tertiary/aromatic N) is 1. The first-order valence-electron chi connectivity index (χ1n) is 5.49. The van der Waals surface area contributed by atoms with Gasteiger partial charge in [-0.05, 0) is 6.42 Å². The number of ether oxygens (including phenoxy) is 1. The number of carbonyl (C=O) groups excluding carboxylic acids is 4. The number of hydrogen-bond donors (Lipinski definition) is 1. The third-order valence-corrected chi connectivity index (χ3v) is 2.26. The van der Waals surface area contributed by atoms with Crippen LogP contribution in [0.15, 0.2) is 12.7 Å². The van der Waals surface area contributed by atoms with Crippen LogP contribution in [-0.4, -0.2) is 41.9 Å². The Bertz CT molecular complexity index is 375. The number of carbonyl (C=O) groups is 4. The van der Waals surface area contributed by atoms with Crippen molar-refractivity contribution < 1.29 is 23.9 Å². The van der Waals surface area contributed by atoms with Crippen molar-refractivity contribution in [2.24, 2.45) is 0 Å². The standard InChI is InChI=1S/C11H14N2O5/c1-2-10(16)18-7-3-6-12-11(17)13-8(14)4-5-9(13)15/h2H,1,3-7H2,(H,12,17). The van der Waals surface area contributed by atoms with Gasteiger partial charge >= 0.3 is 12.0 Å². The molecule has 1 heterocycles. The lowest BCUT2D eigenvalue weighted by molar-refractivity contribution is -0.138. The van der Waals surface area contributed by atoms with Gasteiger partial charge < -0.3 is 10.1 Å². The maximum absolute atomic E-state index is 11.5. The lowest BCUT2D eigenvalue weighted by atomic mass is 10.4. The second kappa shape index (κ2) is 6.53. The lowest BCUT2D eigenvalue weighted by Crippen LogP contribution is -2.43. The molecule has 1 rings (SSSR count). The Hall–Kier alpha value is -2.18.